The Hall–Kier alpha value is -2.12. The highest BCUT2D eigenvalue weighted by Crippen LogP contribution is 2.46. The number of amides is 1. The maximum atomic E-state index is 15.1. The number of nitrogens with one attached hydrogen (secondary N) is 1. The molecule has 2 aromatic carbocycles. The van der Waals surface area contributed by atoms with Crippen molar-refractivity contribution >= 4 is 46.1 Å². The van der Waals surface area contributed by atoms with Crippen LogP contribution in [0.4, 0.5) is 17.6 Å². The van der Waals surface area contributed by atoms with Gasteiger partial charge < -0.3 is 15.2 Å². The Morgan fingerprint density at radius 2 is 1.76 bits per heavy atom. The number of likely N-dealkylation sites (tertiary alicyclic amines) is 1. The molecule has 41 heavy (non-hydrogen) atoms. The molecule has 6 nitrogen and oxygen atoms in total. The number of hydrogen-bond donors (Lipinski definition) is 2. The number of piperidine rings is 1. The summed E-state index contributed by atoms with van der Waals surface area (Å²) in [6.07, 6.45) is -0.380. The highest BCUT2D eigenvalue weighted by Gasteiger charge is 2.46. The van der Waals surface area contributed by atoms with E-state index in [4.69, 9.17) is 16.3 Å². The number of ether oxygens (including phenoxy) is 1. The van der Waals surface area contributed by atoms with Crippen LogP contribution in [-0.4, -0.2) is 53.8 Å². The number of hydrogen-bond acceptors (Lipinski definition) is 4. The molecule has 2 aliphatic carbocycles. The lowest BCUT2D eigenvalue weighted by Gasteiger charge is -2.38. The lowest BCUT2D eigenvalue weighted by atomic mass is 9.94. The quantitative estimate of drug-likeness (QED) is 0.207. The summed E-state index contributed by atoms with van der Waals surface area (Å²) in [6.45, 7) is 0.652. The molecule has 0 bridgehead atoms. The molecule has 1 unspecified atom stereocenters. The molecular formula is C29H30ClF4IN2O4. The maximum Gasteiger partial charge on any atom is 0.408 e. The van der Waals surface area contributed by atoms with Crippen LogP contribution >= 0.6 is 34.2 Å². The van der Waals surface area contributed by atoms with Crippen LogP contribution in [0.1, 0.15) is 72.0 Å². The highest BCUT2D eigenvalue weighted by molar-refractivity contribution is 14.1. The molecule has 3 fully saturated rings. The van der Waals surface area contributed by atoms with E-state index in [-0.39, 0.29) is 53.6 Å². The normalized spacial score (nSPS) is 20.0. The highest BCUT2D eigenvalue weighted by atomic mass is 127. The summed E-state index contributed by atoms with van der Waals surface area (Å²) in [5.74, 6) is -2.44. The van der Waals surface area contributed by atoms with Crippen LogP contribution in [0.15, 0.2) is 30.3 Å². The minimum Gasteiger partial charge on any atom is -0.493 e. The second-order valence-corrected chi connectivity index (χ2v) is 12.9. The van der Waals surface area contributed by atoms with Gasteiger partial charge in [-0.1, -0.05) is 11.6 Å². The number of aliphatic carboxylic acids is 1. The Morgan fingerprint density at radius 3 is 2.32 bits per heavy atom. The Kier molecular flexibility index (Phi) is 9.06. The van der Waals surface area contributed by atoms with Crippen molar-refractivity contribution in [2.75, 3.05) is 19.7 Å². The molecule has 222 valence electrons. The molecule has 0 radical (unpaired) electrons. The van der Waals surface area contributed by atoms with Crippen LogP contribution < -0.4 is 10.1 Å². The number of benzene rings is 2. The molecule has 2 N–H and O–H groups in total. The predicted molar refractivity (Wildman–Crippen MR) is 153 cm³/mol. The molecule has 2 atom stereocenters. The number of alkyl halides is 3. The SMILES string of the molecule is O=C(N[C@H](C(=O)O)C1CC1)c1cc(C2CC2)c(OCC2CCN(C(c3cc(Cl)cc(I)c3)C(F)(F)F)CC2)cc1F. The van der Waals surface area contributed by atoms with Crippen molar-refractivity contribution in [2.24, 2.45) is 11.8 Å². The van der Waals surface area contributed by atoms with Gasteiger partial charge in [-0.2, -0.15) is 13.2 Å². The minimum atomic E-state index is -4.47. The second-order valence-electron chi connectivity index (χ2n) is 11.2. The third-order valence-electron chi connectivity index (χ3n) is 8.01. The van der Waals surface area contributed by atoms with Crippen LogP contribution in [0, 0.1) is 21.2 Å². The van der Waals surface area contributed by atoms with E-state index >= 15 is 4.39 Å². The summed E-state index contributed by atoms with van der Waals surface area (Å²) in [5.41, 5.74) is 0.595. The smallest absolute Gasteiger partial charge is 0.408 e. The van der Waals surface area contributed by atoms with Gasteiger partial charge in [0.05, 0.1) is 12.2 Å². The Labute approximate surface area is 253 Å². The van der Waals surface area contributed by atoms with Gasteiger partial charge in [-0.3, -0.25) is 9.69 Å². The lowest BCUT2D eigenvalue weighted by molar-refractivity contribution is -0.190. The Bertz CT molecular complexity index is 1290. The molecule has 5 rings (SSSR count). The number of carbonyl (C=O) groups is 2. The fraction of sp³-hybridized carbons (Fsp3) is 0.517. The third-order valence-corrected chi connectivity index (χ3v) is 8.85. The van der Waals surface area contributed by atoms with Gasteiger partial charge in [0.1, 0.15) is 23.7 Å². The van der Waals surface area contributed by atoms with E-state index in [1.807, 2.05) is 22.6 Å². The number of carboxylic acids is 1. The standard InChI is InChI=1S/C29H30ClF4IN2O4/c30-19-9-18(10-20(35)11-19)26(29(32,33)34)37-7-5-15(6-8-37)14-41-24-13-23(31)22(12-21(24)16-1-2-16)27(38)36-25(28(39)40)17-3-4-17/h9-13,15-17,25-26H,1-8,14H2,(H,36,38)(H,39,40)/t25-,26?/m0/s1. The minimum absolute atomic E-state index is 0.0208. The van der Waals surface area contributed by atoms with E-state index in [1.165, 1.54) is 29.2 Å². The predicted octanol–water partition coefficient (Wildman–Crippen LogP) is 6.95. The number of nitrogens with zero attached hydrogens (tertiary/aromatic N) is 1. The molecule has 2 saturated carbocycles. The molecule has 0 spiro atoms. The van der Waals surface area contributed by atoms with Gasteiger partial charge in [-0.05, 0) is 127 Å². The van der Waals surface area contributed by atoms with Crippen LogP contribution in [0.2, 0.25) is 5.02 Å². The number of carboxylic acid groups (broad SMARTS) is 1. The number of halogens is 6. The fourth-order valence-corrected chi connectivity index (χ4v) is 6.66. The first-order valence-corrected chi connectivity index (χ1v) is 15.1. The van der Waals surface area contributed by atoms with Crippen molar-refractivity contribution in [3.8, 4) is 5.75 Å². The van der Waals surface area contributed by atoms with E-state index in [0.29, 0.717) is 40.6 Å². The average Bonchev–Trinajstić information content (AvgIpc) is 3.79. The molecule has 1 aliphatic heterocycles. The number of rotatable bonds is 10. The fourth-order valence-electron chi connectivity index (χ4n) is 5.54. The van der Waals surface area contributed by atoms with E-state index in [0.717, 1.165) is 12.8 Å². The molecule has 1 amide bonds. The third kappa shape index (κ3) is 7.45. The van der Waals surface area contributed by atoms with Gasteiger partial charge in [0.15, 0.2) is 0 Å². The zero-order valence-corrected chi connectivity index (χ0v) is 24.9. The molecular weight excluding hydrogens is 679 g/mol. The van der Waals surface area contributed by atoms with Crippen molar-refractivity contribution in [3.05, 3.63) is 61.4 Å². The number of carbonyl (C=O) groups excluding carboxylic acids is 1. The average molecular weight is 709 g/mol. The zero-order valence-electron chi connectivity index (χ0n) is 22.0. The van der Waals surface area contributed by atoms with Crippen molar-refractivity contribution in [3.63, 3.8) is 0 Å². The molecule has 1 heterocycles. The van der Waals surface area contributed by atoms with Crippen LogP contribution in [0.25, 0.3) is 0 Å². The van der Waals surface area contributed by atoms with E-state index in [9.17, 15) is 27.9 Å². The largest absolute Gasteiger partial charge is 0.493 e. The van der Waals surface area contributed by atoms with Gasteiger partial charge in [-0.25, -0.2) is 9.18 Å². The van der Waals surface area contributed by atoms with Gasteiger partial charge in [0.2, 0.25) is 0 Å². The van der Waals surface area contributed by atoms with Gasteiger partial charge in [-0.15, -0.1) is 0 Å². The van der Waals surface area contributed by atoms with E-state index in [1.54, 1.807) is 6.07 Å². The summed E-state index contributed by atoms with van der Waals surface area (Å²) in [6, 6.07) is 4.30. The first kappa shape index (κ1) is 30.3. The van der Waals surface area contributed by atoms with Gasteiger partial charge in [0.25, 0.3) is 5.91 Å². The van der Waals surface area contributed by atoms with Crippen LogP contribution in [-0.2, 0) is 4.79 Å². The first-order valence-electron chi connectivity index (χ1n) is 13.7. The first-order chi connectivity index (χ1) is 19.4. The summed E-state index contributed by atoms with van der Waals surface area (Å²) < 4.78 is 64.1. The molecule has 12 heteroatoms. The van der Waals surface area contributed by atoms with Crippen molar-refractivity contribution in [2.45, 2.75) is 62.7 Å². The topological polar surface area (TPSA) is 78.9 Å². The summed E-state index contributed by atoms with van der Waals surface area (Å²) in [4.78, 5) is 25.7. The van der Waals surface area contributed by atoms with Gasteiger partial charge in [0, 0.05) is 14.7 Å². The Balaban J connectivity index is 1.23. The maximum absolute atomic E-state index is 15.1. The summed E-state index contributed by atoms with van der Waals surface area (Å²) >= 11 is 8.01. The lowest BCUT2D eigenvalue weighted by Crippen LogP contribution is -2.44. The summed E-state index contributed by atoms with van der Waals surface area (Å²) in [7, 11) is 0. The van der Waals surface area contributed by atoms with E-state index in [2.05, 4.69) is 5.32 Å². The summed E-state index contributed by atoms with van der Waals surface area (Å²) in [5, 5.41) is 12.1. The monoisotopic (exact) mass is 708 g/mol. The van der Waals surface area contributed by atoms with Crippen molar-refractivity contribution in [1.29, 1.82) is 0 Å². The van der Waals surface area contributed by atoms with E-state index < -0.39 is 36.0 Å². The molecule has 1 saturated heterocycles. The van der Waals surface area contributed by atoms with Gasteiger partial charge >= 0.3 is 12.1 Å². The van der Waals surface area contributed by atoms with Crippen LogP contribution in [0.3, 0.4) is 0 Å². The zero-order chi connectivity index (χ0) is 29.5. The Morgan fingerprint density at radius 1 is 1.07 bits per heavy atom. The molecule has 2 aromatic rings. The van der Waals surface area contributed by atoms with Crippen LogP contribution in [0.5, 0.6) is 5.75 Å². The van der Waals surface area contributed by atoms with Crippen molar-refractivity contribution in [1.82, 2.24) is 10.2 Å². The molecule has 3 aliphatic rings. The second kappa shape index (κ2) is 12.2. The molecule has 0 aromatic heterocycles. The van der Waals surface area contributed by atoms with Crippen molar-refractivity contribution < 1.29 is 37.0 Å².